The first-order chi connectivity index (χ1) is 8.69. The Hall–Kier alpha value is -2.04. The molecule has 18 heavy (non-hydrogen) atoms. The van der Waals surface area contributed by atoms with Crippen molar-refractivity contribution in [1.29, 1.82) is 0 Å². The Bertz CT molecular complexity index is 421. The Balaban J connectivity index is 2.48. The number of carbonyl (C=O) groups excluding carboxylic acids is 1. The fourth-order valence-corrected chi connectivity index (χ4v) is 1.34. The number of nitrogens with one attached hydrogen (secondary N) is 1. The van der Waals surface area contributed by atoms with Gasteiger partial charge in [-0.1, -0.05) is 6.58 Å². The van der Waals surface area contributed by atoms with Gasteiger partial charge in [-0.25, -0.2) is 4.39 Å². The zero-order valence-electron chi connectivity index (χ0n) is 10.2. The Morgan fingerprint density at radius 3 is 2.94 bits per heavy atom. The maximum atomic E-state index is 13.5. The van der Waals surface area contributed by atoms with Crippen molar-refractivity contribution in [3.05, 3.63) is 42.4 Å². The largest absolute Gasteiger partial charge is 0.502 e. The zero-order valence-corrected chi connectivity index (χ0v) is 10.2. The summed E-state index contributed by atoms with van der Waals surface area (Å²) in [5.74, 6) is -0.675. The molecule has 0 unspecified atom stereocenters. The average Bonchev–Trinajstić information content (AvgIpc) is 2.38. The van der Waals surface area contributed by atoms with E-state index >= 15 is 0 Å². The van der Waals surface area contributed by atoms with Gasteiger partial charge in [0.1, 0.15) is 11.6 Å². The van der Waals surface area contributed by atoms with Gasteiger partial charge in [0.05, 0.1) is 25.5 Å². The molecule has 1 N–H and O–H groups in total. The predicted molar refractivity (Wildman–Crippen MR) is 66.1 cm³/mol. The van der Waals surface area contributed by atoms with Crippen molar-refractivity contribution in [1.82, 2.24) is 5.32 Å². The van der Waals surface area contributed by atoms with Crippen LogP contribution in [0.3, 0.4) is 0 Å². The first-order valence-corrected chi connectivity index (χ1v) is 5.53. The Morgan fingerprint density at radius 1 is 1.56 bits per heavy atom. The molecule has 0 fully saturated rings. The molecule has 0 heterocycles. The number of hydrogen-bond acceptors (Lipinski definition) is 3. The third kappa shape index (κ3) is 4.08. The van der Waals surface area contributed by atoms with Gasteiger partial charge in [0, 0.05) is 12.6 Å². The van der Waals surface area contributed by atoms with Crippen LogP contribution in [0.25, 0.3) is 0 Å². The molecule has 1 amide bonds. The van der Waals surface area contributed by atoms with E-state index in [0.717, 1.165) is 0 Å². The highest BCUT2D eigenvalue weighted by molar-refractivity contribution is 5.94. The maximum absolute atomic E-state index is 13.5. The third-order valence-corrected chi connectivity index (χ3v) is 2.26. The minimum Gasteiger partial charge on any atom is -0.502 e. The van der Waals surface area contributed by atoms with Crippen LogP contribution in [0.2, 0.25) is 0 Å². The molecule has 0 aromatic heterocycles. The van der Waals surface area contributed by atoms with E-state index in [1.54, 1.807) is 6.07 Å². The molecule has 0 bridgehead atoms. The van der Waals surface area contributed by atoms with Crippen LogP contribution in [0.1, 0.15) is 16.8 Å². The van der Waals surface area contributed by atoms with Crippen LogP contribution in [0.15, 0.2) is 31.0 Å². The molecular formula is C13H16FNO3. The molecular weight excluding hydrogens is 237 g/mol. The van der Waals surface area contributed by atoms with Gasteiger partial charge < -0.3 is 14.8 Å². The zero-order chi connectivity index (χ0) is 13.4. The molecule has 1 aromatic carbocycles. The van der Waals surface area contributed by atoms with E-state index in [4.69, 9.17) is 9.47 Å². The van der Waals surface area contributed by atoms with Gasteiger partial charge >= 0.3 is 0 Å². The van der Waals surface area contributed by atoms with E-state index in [9.17, 15) is 9.18 Å². The Kier molecular flexibility index (Phi) is 5.70. The SMILES string of the molecule is C=COCCCNC(=O)c1ccc(OC)cc1F. The fraction of sp³-hybridized carbons (Fsp3) is 0.308. The summed E-state index contributed by atoms with van der Waals surface area (Å²) in [6, 6.07) is 4.11. The van der Waals surface area contributed by atoms with Gasteiger partial charge in [-0.15, -0.1) is 0 Å². The van der Waals surface area contributed by atoms with Crippen molar-refractivity contribution in [3.8, 4) is 5.75 Å². The lowest BCUT2D eigenvalue weighted by atomic mass is 10.2. The molecule has 0 atom stereocenters. The number of rotatable bonds is 7. The van der Waals surface area contributed by atoms with E-state index in [1.165, 1.54) is 25.5 Å². The number of benzene rings is 1. The monoisotopic (exact) mass is 253 g/mol. The van der Waals surface area contributed by atoms with Gasteiger partial charge in [-0.2, -0.15) is 0 Å². The van der Waals surface area contributed by atoms with Crippen LogP contribution >= 0.6 is 0 Å². The topological polar surface area (TPSA) is 47.6 Å². The molecule has 0 saturated heterocycles. The summed E-state index contributed by atoms with van der Waals surface area (Å²) in [7, 11) is 1.44. The van der Waals surface area contributed by atoms with Crippen LogP contribution in [0.5, 0.6) is 5.75 Å². The van der Waals surface area contributed by atoms with Gasteiger partial charge in [-0.05, 0) is 18.6 Å². The number of carbonyl (C=O) groups is 1. The second kappa shape index (κ2) is 7.32. The van der Waals surface area contributed by atoms with Crippen molar-refractivity contribution in [2.75, 3.05) is 20.3 Å². The molecule has 0 spiro atoms. The van der Waals surface area contributed by atoms with Crippen LogP contribution in [0.4, 0.5) is 4.39 Å². The molecule has 0 aliphatic heterocycles. The highest BCUT2D eigenvalue weighted by atomic mass is 19.1. The maximum Gasteiger partial charge on any atom is 0.254 e. The van der Waals surface area contributed by atoms with Gasteiger partial charge in [-0.3, -0.25) is 4.79 Å². The predicted octanol–water partition coefficient (Wildman–Crippen LogP) is 2.11. The summed E-state index contributed by atoms with van der Waals surface area (Å²) < 4.78 is 23.3. The summed E-state index contributed by atoms with van der Waals surface area (Å²) in [5.41, 5.74) is 0.000407. The smallest absolute Gasteiger partial charge is 0.254 e. The summed E-state index contributed by atoms with van der Waals surface area (Å²) in [4.78, 5) is 11.6. The van der Waals surface area contributed by atoms with E-state index in [0.29, 0.717) is 25.3 Å². The summed E-state index contributed by atoms with van der Waals surface area (Å²) in [6.07, 6.45) is 1.97. The molecule has 0 radical (unpaired) electrons. The number of hydrogen-bond donors (Lipinski definition) is 1. The molecule has 0 aliphatic carbocycles. The van der Waals surface area contributed by atoms with Crippen LogP contribution in [-0.2, 0) is 4.74 Å². The number of methoxy groups -OCH3 is 1. The van der Waals surface area contributed by atoms with E-state index in [1.807, 2.05) is 0 Å². The van der Waals surface area contributed by atoms with Crippen molar-refractivity contribution >= 4 is 5.91 Å². The van der Waals surface area contributed by atoms with Crippen molar-refractivity contribution in [2.24, 2.45) is 0 Å². The molecule has 4 nitrogen and oxygen atoms in total. The highest BCUT2D eigenvalue weighted by Gasteiger charge is 2.11. The van der Waals surface area contributed by atoms with Crippen LogP contribution < -0.4 is 10.1 Å². The minimum atomic E-state index is -0.603. The molecule has 0 saturated carbocycles. The van der Waals surface area contributed by atoms with E-state index < -0.39 is 11.7 Å². The highest BCUT2D eigenvalue weighted by Crippen LogP contribution is 2.15. The van der Waals surface area contributed by atoms with Crippen molar-refractivity contribution < 1.29 is 18.7 Å². The summed E-state index contributed by atoms with van der Waals surface area (Å²) in [6.45, 7) is 4.28. The first-order valence-electron chi connectivity index (χ1n) is 5.53. The molecule has 0 aliphatic rings. The Morgan fingerprint density at radius 2 is 2.33 bits per heavy atom. The molecule has 1 aromatic rings. The first kappa shape index (κ1) is 14.0. The number of ether oxygens (including phenoxy) is 2. The third-order valence-electron chi connectivity index (χ3n) is 2.26. The van der Waals surface area contributed by atoms with Crippen LogP contribution in [0, 0.1) is 5.82 Å². The lowest BCUT2D eigenvalue weighted by molar-refractivity contribution is 0.0946. The normalized spacial score (nSPS) is 9.67. The van der Waals surface area contributed by atoms with Gasteiger partial charge in [0.25, 0.3) is 5.91 Å². The Labute approximate surface area is 105 Å². The standard InChI is InChI=1S/C13H16FNO3/c1-3-18-8-4-7-15-13(16)11-6-5-10(17-2)9-12(11)14/h3,5-6,9H,1,4,7-8H2,2H3,(H,15,16). The quantitative estimate of drug-likeness (QED) is 0.598. The number of halogens is 1. The van der Waals surface area contributed by atoms with Crippen molar-refractivity contribution in [2.45, 2.75) is 6.42 Å². The summed E-state index contributed by atoms with van der Waals surface area (Å²) >= 11 is 0. The lowest BCUT2D eigenvalue weighted by Gasteiger charge is -2.07. The fourth-order valence-electron chi connectivity index (χ4n) is 1.34. The molecule has 1 rings (SSSR count). The minimum absolute atomic E-state index is 0.000407. The molecule has 98 valence electrons. The van der Waals surface area contributed by atoms with Gasteiger partial charge in [0.2, 0.25) is 0 Å². The van der Waals surface area contributed by atoms with Crippen molar-refractivity contribution in [3.63, 3.8) is 0 Å². The lowest BCUT2D eigenvalue weighted by Crippen LogP contribution is -2.26. The summed E-state index contributed by atoms with van der Waals surface area (Å²) in [5, 5.41) is 2.60. The van der Waals surface area contributed by atoms with E-state index in [-0.39, 0.29) is 5.56 Å². The molecule has 5 heteroatoms. The number of amides is 1. The van der Waals surface area contributed by atoms with Crippen LogP contribution in [-0.4, -0.2) is 26.2 Å². The van der Waals surface area contributed by atoms with Gasteiger partial charge in [0.15, 0.2) is 0 Å². The second-order valence-corrected chi connectivity index (χ2v) is 3.49. The average molecular weight is 253 g/mol. The van der Waals surface area contributed by atoms with E-state index in [2.05, 4.69) is 11.9 Å². The second-order valence-electron chi connectivity index (χ2n) is 3.49.